The topological polar surface area (TPSA) is 37.8 Å². The fourth-order valence-electron chi connectivity index (χ4n) is 1.58. The van der Waals surface area contributed by atoms with Crippen LogP contribution in [0.25, 0.3) is 0 Å². The summed E-state index contributed by atoms with van der Waals surface area (Å²) in [7, 11) is 0. The fourth-order valence-corrected chi connectivity index (χ4v) is 2.47. The van der Waals surface area contributed by atoms with Gasteiger partial charge in [-0.1, -0.05) is 13.0 Å². The van der Waals surface area contributed by atoms with Crippen LogP contribution in [-0.4, -0.2) is 9.97 Å². The van der Waals surface area contributed by atoms with Crippen LogP contribution in [-0.2, 0) is 6.54 Å². The molecule has 1 unspecified atom stereocenters. The number of rotatable bonds is 5. The van der Waals surface area contributed by atoms with E-state index in [4.69, 9.17) is 0 Å². The summed E-state index contributed by atoms with van der Waals surface area (Å²) in [4.78, 5) is 9.68. The molecule has 4 heteroatoms. The van der Waals surface area contributed by atoms with Gasteiger partial charge in [0.1, 0.15) is 0 Å². The van der Waals surface area contributed by atoms with Crippen molar-refractivity contribution in [1.82, 2.24) is 15.3 Å². The summed E-state index contributed by atoms with van der Waals surface area (Å²) in [6.45, 7) is 2.96. The van der Waals surface area contributed by atoms with E-state index in [-0.39, 0.29) is 0 Å². The molecule has 1 N–H and O–H groups in total. The Kier molecular flexibility index (Phi) is 4.02. The second-order valence-electron chi connectivity index (χ2n) is 3.55. The third-order valence-electron chi connectivity index (χ3n) is 2.44. The monoisotopic (exact) mass is 233 g/mol. The molecule has 2 heterocycles. The van der Waals surface area contributed by atoms with Gasteiger partial charge < -0.3 is 5.32 Å². The number of nitrogens with one attached hydrogen (secondary N) is 1. The average molecular weight is 233 g/mol. The van der Waals surface area contributed by atoms with Crippen LogP contribution in [0, 0.1) is 0 Å². The van der Waals surface area contributed by atoms with E-state index in [1.165, 1.54) is 4.88 Å². The normalized spacial score (nSPS) is 12.6. The van der Waals surface area contributed by atoms with Crippen molar-refractivity contribution in [2.45, 2.75) is 25.9 Å². The van der Waals surface area contributed by atoms with Crippen LogP contribution < -0.4 is 5.32 Å². The Bertz CT molecular complexity index is 399. The lowest BCUT2D eigenvalue weighted by molar-refractivity contribution is 0.521. The molecule has 0 aromatic carbocycles. The van der Waals surface area contributed by atoms with Gasteiger partial charge in [-0.25, -0.2) is 0 Å². The minimum absolute atomic E-state index is 0.419. The molecule has 2 rings (SSSR count). The molecule has 0 aliphatic carbocycles. The first-order chi connectivity index (χ1) is 7.90. The maximum Gasteiger partial charge on any atom is 0.0724 e. The predicted octanol–water partition coefficient (Wildman–Crippen LogP) is 2.78. The second kappa shape index (κ2) is 5.72. The van der Waals surface area contributed by atoms with E-state index in [2.05, 4.69) is 39.7 Å². The van der Waals surface area contributed by atoms with Crippen LogP contribution in [0.15, 0.2) is 36.1 Å². The Balaban J connectivity index is 1.94. The Morgan fingerprint density at radius 1 is 1.44 bits per heavy atom. The maximum atomic E-state index is 4.24. The highest BCUT2D eigenvalue weighted by Gasteiger charge is 2.09. The molecule has 2 aromatic heterocycles. The van der Waals surface area contributed by atoms with E-state index in [0.29, 0.717) is 6.04 Å². The summed E-state index contributed by atoms with van der Waals surface area (Å²) >= 11 is 1.79. The lowest BCUT2D eigenvalue weighted by Crippen LogP contribution is -2.20. The molecule has 84 valence electrons. The smallest absolute Gasteiger partial charge is 0.0724 e. The summed E-state index contributed by atoms with van der Waals surface area (Å²) in [5, 5.41) is 5.61. The van der Waals surface area contributed by atoms with E-state index in [9.17, 15) is 0 Å². The quantitative estimate of drug-likeness (QED) is 0.863. The third kappa shape index (κ3) is 2.87. The first-order valence-electron chi connectivity index (χ1n) is 5.42. The molecule has 0 spiro atoms. The van der Waals surface area contributed by atoms with E-state index in [1.807, 2.05) is 0 Å². The van der Waals surface area contributed by atoms with Crippen LogP contribution >= 0.6 is 11.3 Å². The van der Waals surface area contributed by atoms with E-state index >= 15 is 0 Å². The molecule has 2 aromatic rings. The molecule has 0 aliphatic rings. The maximum absolute atomic E-state index is 4.24. The van der Waals surface area contributed by atoms with Crippen molar-refractivity contribution in [1.29, 1.82) is 0 Å². The van der Waals surface area contributed by atoms with Gasteiger partial charge in [0.2, 0.25) is 0 Å². The van der Waals surface area contributed by atoms with Crippen molar-refractivity contribution in [3.63, 3.8) is 0 Å². The number of aromatic nitrogens is 2. The lowest BCUT2D eigenvalue weighted by atomic mass is 10.2. The van der Waals surface area contributed by atoms with E-state index in [1.54, 1.807) is 29.9 Å². The molecule has 3 nitrogen and oxygen atoms in total. The minimum atomic E-state index is 0.419. The fraction of sp³-hybridized carbons (Fsp3) is 0.333. The lowest BCUT2D eigenvalue weighted by Gasteiger charge is -2.14. The van der Waals surface area contributed by atoms with Crippen LogP contribution in [0.3, 0.4) is 0 Å². The van der Waals surface area contributed by atoms with Gasteiger partial charge in [0.05, 0.1) is 5.69 Å². The largest absolute Gasteiger partial charge is 0.303 e. The van der Waals surface area contributed by atoms with Gasteiger partial charge in [-0.2, -0.15) is 0 Å². The van der Waals surface area contributed by atoms with Crippen LogP contribution in [0.5, 0.6) is 0 Å². The zero-order valence-electron chi connectivity index (χ0n) is 9.26. The Labute approximate surface area is 99.6 Å². The average Bonchev–Trinajstić information content (AvgIpc) is 2.85. The molecule has 0 bridgehead atoms. The summed E-state index contributed by atoms with van der Waals surface area (Å²) in [6, 6.07) is 4.68. The summed E-state index contributed by atoms with van der Waals surface area (Å²) in [5.74, 6) is 0. The predicted molar refractivity (Wildman–Crippen MR) is 66.2 cm³/mol. The van der Waals surface area contributed by atoms with E-state index < -0.39 is 0 Å². The minimum Gasteiger partial charge on any atom is -0.303 e. The molecule has 0 aliphatic heterocycles. The Morgan fingerprint density at radius 3 is 3.00 bits per heavy atom. The molecule has 16 heavy (non-hydrogen) atoms. The van der Waals surface area contributed by atoms with Gasteiger partial charge in [0.25, 0.3) is 0 Å². The highest BCUT2D eigenvalue weighted by molar-refractivity contribution is 7.10. The van der Waals surface area contributed by atoms with Crippen LogP contribution in [0.4, 0.5) is 0 Å². The van der Waals surface area contributed by atoms with Crippen molar-refractivity contribution in [2.24, 2.45) is 0 Å². The van der Waals surface area contributed by atoms with Crippen molar-refractivity contribution < 1.29 is 0 Å². The molecule has 0 saturated carbocycles. The summed E-state index contributed by atoms with van der Waals surface area (Å²) in [5.41, 5.74) is 0.984. The second-order valence-corrected chi connectivity index (χ2v) is 4.53. The first kappa shape index (κ1) is 11.2. The Hall–Kier alpha value is -1.26. The molecule has 0 amide bonds. The van der Waals surface area contributed by atoms with Gasteiger partial charge in [-0.15, -0.1) is 11.3 Å². The van der Waals surface area contributed by atoms with Crippen molar-refractivity contribution in [3.8, 4) is 0 Å². The molecular formula is C12H15N3S. The zero-order valence-corrected chi connectivity index (χ0v) is 10.1. The molecule has 1 atom stereocenters. The molecular weight excluding hydrogens is 218 g/mol. The summed E-state index contributed by atoms with van der Waals surface area (Å²) in [6.07, 6.45) is 6.30. The highest BCUT2D eigenvalue weighted by Crippen LogP contribution is 2.21. The highest BCUT2D eigenvalue weighted by atomic mass is 32.1. The number of hydrogen-bond donors (Lipinski definition) is 1. The first-order valence-corrected chi connectivity index (χ1v) is 6.29. The summed E-state index contributed by atoms with van der Waals surface area (Å²) < 4.78 is 0. The molecule has 0 saturated heterocycles. The molecule has 0 radical (unpaired) electrons. The number of nitrogens with zero attached hydrogens (tertiary/aromatic N) is 2. The van der Waals surface area contributed by atoms with Crippen molar-refractivity contribution in [3.05, 3.63) is 46.7 Å². The van der Waals surface area contributed by atoms with Crippen molar-refractivity contribution in [2.75, 3.05) is 0 Å². The van der Waals surface area contributed by atoms with Gasteiger partial charge in [0.15, 0.2) is 0 Å². The van der Waals surface area contributed by atoms with Crippen molar-refractivity contribution >= 4 is 11.3 Å². The van der Waals surface area contributed by atoms with Gasteiger partial charge >= 0.3 is 0 Å². The number of hydrogen-bond acceptors (Lipinski definition) is 4. The van der Waals surface area contributed by atoms with Crippen LogP contribution in [0.1, 0.15) is 30.0 Å². The third-order valence-corrected chi connectivity index (χ3v) is 3.43. The standard InChI is InChI=1S/C12H15N3S/c1-2-11(12-4-3-7-16-12)15-9-10-8-13-5-6-14-10/h3-8,11,15H,2,9H2,1H3. The van der Waals surface area contributed by atoms with Crippen LogP contribution in [0.2, 0.25) is 0 Å². The van der Waals surface area contributed by atoms with Gasteiger partial charge in [-0.05, 0) is 17.9 Å². The van der Waals surface area contributed by atoms with E-state index in [0.717, 1.165) is 18.7 Å². The zero-order chi connectivity index (χ0) is 11.2. The van der Waals surface area contributed by atoms with Gasteiger partial charge in [0, 0.05) is 36.1 Å². The Morgan fingerprint density at radius 2 is 2.38 bits per heavy atom. The molecule has 0 fully saturated rings. The number of thiophene rings is 1. The van der Waals surface area contributed by atoms with Gasteiger partial charge in [-0.3, -0.25) is 9.97 Å². The SMILES string of the molecule is CCC(NCc1cnccn1)c1cccs1.